The summed E-state index contributed by atoms with van der Waals surface area (Å²) in [7, 11) is -3.60. The Balaban J connectivity index is 1.74. The van der Waals surface area contributed by atoms with Crippen LogP contribution in [0.2, 0.25) is 0 Å². The Morgan fingerprint density at radius 2 is 1.59 bits per heavy atom. The molecule has 27 heavy (non-hydrogen) atoms. The minimum absolute atomic E-state index is 0.0187. The van der Waals surface area contributed by atoms with Crippen LogP contribution in [0.15, 0.2) is 48.5 Å². The van der Waals surface area contributed by atoms with Gasteiger partial charge in [-0.3, -0.25) is 9.59 Å². The standard InChI is InChI=1S/C20H22N2O4S/c1-20(2,3)15-6-8-16(9-7-15)21-19(24)14-4-10-17(11-5-14)22-18(23)12-13-27(22,25)26/h4-11H,12-13H2,1-3H3,(H,21,24). The molecule has 0 radical (unpaired) electrons. The summed E-state index contributed by atoms with van der Waals surface area (Å²) in [5.41, 5.74) is 2.51. The fraction of sp³-hybridized carbons (Fsp3) is 0.300. The zero-order valence-electron chi connectivity index (χ0n) is 15.5. The predicted molar refractivity (Wildman–Crippen MR) is 105 cm³/mol. The second kappa shape index (κ2) is 6.81. The summed E-state index contributed by atoms with van der Waals surface area (Å²) in [6.45, 7) is 6.36. The Bertz CT molecular complexity index is 972. The largest absolute Gasteiger partial charge is 0.322 e. The van der Waals surface area contributed by atoms with E-state index in [1.165, 1.54) is 29.8 Å². The van der Waals surface area contributed by atoms with Crippen molar-refractivity contribution in [2.75, 3.05) is 15.4 Å². The maximum atomic E-state index is 12.4. The third-order valence-electron chi connectivity index (χ3n) is 4.45. The van der Waals surface area contributed by atoms with Gasteiger partial charge in [-0.25, -0.2) is 12.7 Å². The lowest BCUT2D eigenvalue weighted by atomic mass is 9.87. The lowest BCUT2D eigenvalue weighted by Crippen LogP contribution is -2.29. The Kier molecular flexibility index (Phi) is 4.82. The number of carbonyl (C=O) groups excluding carboxylic acids is 2. The molecule has 1 aliphatic heterocycles. The van der Waals surface area contributed by atoms with E-state index in [0.29, 0.717) is 11.3 Å². The van der Waals surface area contributed by atoms with Gasteiger partial charge in [-0.1, -0.05) is 32.9 Å². The van der Waals surface area contributed by atoms with Gasteiger partial charge in [0.05, 0.1) is 11.4 Å². The summed E-state index contributed by atoms with van der Waals surface area (Å²) in [6.07, 6.45) is -0.0187. The van der Waals surface area contributed by atoms with Crippen LogP contribution in [0.1, 0.15) is 43.1 Å². The van der Waals surface area contributed by atoms with E-state index in [0.717, 1.165) is 4.31 Å². The molecule has 0 spiro atoms. The number of anilines is 2. The number of nitrogens with zero attached hydrogens (tertiary/aromatic N) is 1. The third-order valence-corrected chi connectivity index (χ3v) is 6.14. The van der Waals surface area contributed by atoms with Crippen LogP contribution < -0.4 is 9.62 Å². The number of amides is 2. The molecule has 0 atom stereocenters. The van der Waals surface area contributed by atoms with E-state index in [4.69, 9.17) is 0 Å². The molecule has 0 bridgehead atoms. The van der Waals surface area contributed by atoms with Crippen LogP contribution >= 0.6 is 0 Å². The molecule has 3 rings (SSSR count). The number of carbonyl (C=O) groups is 2. The summed E-state index contributed by atoms with van der Waals surface area (Å²) < 4.78 is 24.7. The van der Waals surface area contributed by atoms with Crippen LogP contribution in [-0.4, -0.2) is 26.0 Å². The fourth-order valence-electron chi connectivity index (χ4n) is 2.87. The zero-order chi connectivity index (χ0) is 19.8. The maximum Gasteiger partial charge on any atom is 0.255 e. The van der Waals surface area contributed by atoms with Gasteiger partial charge in [-0.2, -0.15) is 0 Å². The molecule has 2 aromatic rings. The molecule has 0 aromatic heterocycles. The minimum atomic E-state index is -3.60. The molecule has 142 valence electrons. The third kappa shape index (κ3) is 4.03. The monoisotopic (exact) mass is 386 g/mol. The molecular formula is C20H22N2O4S. The lowest BCUT2D eigenvalue weighted by Gasteiger charge is -2.19. The van der Waals surface area contributed by atoms with Crippen molar-refractivity contribution < 1.29 is 18.0 Å². The molecule has 7 heteroatoms. The van der Waals surface area contributed by atoms with E-state index in [1.54, 1.807) is 0 Å². The van der Waals surface area contributed by atoms with Crippen LogP contribution in [0, 0.1) is 0 Å². The summed E-state index contributed by atoms with van der Waals surface area (Å²) in [4.78, 5) is 24.2. The lowest BCUT2D eigenvalue weighted by molar-refractivity contribution is -0.116. The molecule has 0 unspecified atom stereocenters. The van der Waals surface area contributed by atoms with Crippen LogP contribution in [0.3, 0.4) is 0 Å². The van der Waals surface area contributed by atoms with Gasteiger partial charge >= 0.3 is 0 Å². The molecule has 1 heterocycles. The first kappa shape index (κ1) is 19.1. The molecule has 2 aromatic carbocycles. The Hall–Kier alpha value is -2.67. The van der Waals surface area contributed by atoms with Crippen LogP contribution in [0.25, 0.3) is 0 Å². The number of hydrogen-bond acceptors (Lipinski definition) is 4. The molecular weight excluding hydrogens is 364 g/mol. The summed E-state index contributed by atoms with van der Waals surface area (Å²) in [6, 6.07) is 13.6. The van der Waals surface area contributed by atoms with Crippen molar-refractivity contribution >= 4 is 33.2 Å². The summed E-state index contributed by atoms with van der Waals surface area (Å²) >= 11 is 0. The quantitative estimate of drug-likeness (QED) is 0.877. The van der Waals surface area contributed by atoms with Crippen molar-refractivity contribution in [3.8, 4) is 0 Å². The number of nitrogens with one attached hydrogen (secondary N) is 1. The fourth-order valence-corrected chi connectivity index (χ4v) is 4.33. The van der Waals surface area contributed by atoms with Gasteiger partial charge in [-0.05, 0) is 47.4 Å². The SMILES string of the molecule is CC(C)(C)c1ccc(NC(=O)c2ccc(N3C(=O)CCS3(=O)=O)cc2)cc1. The Morgan fingerprint density at radius 3 is 2.07 bits per heavy atom. The topological polar surface area (TPSA) is 83.6 Å². The van der Waals surface area contributed by atoms with E-state index in [-0.39, 0.29) is 29.2 Å². The molecule has 0 saturated carbocycles. The van der Waals surface area contributed by atoms with Gasteiger partial charge < -0.3 is 5.32 Å². The first-order chi connectivity index (χ1) is 12.6. The van der Waals surface area contributed by atoms with Gasteiger partial charge in [0.2, 0.25) is 15.9 Å². The van der Waals surface area contributed by atoms with Gasteiger partial charge in [0.15, 0.2) is 0 Å². The molecule has 1 N–H and O–H groups in total. The van der Waals surface area contributed by atoms with E-state index in [9.17, 15) is 18.0 Å². The highest BCUT2D eigenvalue weighted by molar-refractivity contribution is 7.94. The first-order valence-electron chi connectivity index (χ1n) is 8.66. The van der Waals surface area contributed by atoms with Crippen LogP contribution in [-0.2, 0) is 20.2 Å². The van der Waals surface area contributed by atoms with Gasteiger partial charge in [0.25, 0.3) is 5.91 Å². The molecule has 2 amide bonds. The molecule has 1 fully saturated rings. The zero-order valence-corrected chi connectivity index (χ0v) is 16.3. The van der Waals surface area contributed by atoms with E-state index in [1.807, 2.05) is 24.3 Å². The van der Waals surface area contributed by atoms with Crippen molar-refractivity contribution in [2.45, 2.75) is 32.6 Å². The van der Waals surface area contributed by atoms with Gasteiger partial charge in [0.1, 0.15) is 0 Å². The summed E-state index contributed by atoms with van der Waals surface area (Å²) in [5.74, 6) is -0.940. The van der Waals surface area contributed by atoms with Crippen molar-refractivity contribution in [3.63, 3.8) is 0 Å². The number of hydrogen-bond donors (Lipinski definition) is 1. The van der Waals surface area contributed by atoms with E-state index in [2.05, 4.69) is 26.1 Å². The predicted octanol–water partition coefficient (Wildman–Crippen LogP) is 3.30. The van der Waals surface area contributed by atoms with Crippen molar-refractivity contribution in [1.29, 1.82) is 0 Å². The highest BCUT2D eigenvalue weighted by atomic mass is 32.2. The molecule has 1 saturated heterocycles. The smallest absolute Gasteiger partial charge is 0.255 e. The highest BCUT2D eigenvalue weighted by Crippen LogP contribution is 2.26. The molecule has 1 aliphatic rings. The second-order valence-corrected chi connectivity index (χ2v) is 9.49. The van der Waals surface area contributed by atoms with Crippen molar-refractivity contribution in [3.05, 3.63) is 59.7 Å². The van der Waals surface area contributed by atoms with E-state index < -0.39 is 15.9 Å². The van der Waals surface area contributed by atoms with E-state index >= 15 is 0 Å². The van der Waals surface area contributed by atoms with Gasteiger partial charge in [0, 0.05) is 17.7 Å². The summed E-state index contributed by atoms with van der Waals surface area (Å²) in [5, 5.41) is 2.81. The van der Waals surface area contributed by atoms with Gasteiger partial charge in [-0.15, -0.1) is 0 Å². The number of rotatable bonds is 3. The second-order valence-electron chi connectivity index (χ2n) is 7.55. The van der Waals surface area contributed by atoms with Crippen molar-refractivity contribution in [2.24, 2.45) is 0 Å². The first-order valence-corrected chi connectivity index (χ1v) is 10.3. The maximum absolute atomic E-state index is 12.4. The molecule has 0 aliphatic carbocycles. The number of sulfonamides is 1. The number of benzene rings is 2. The Labute approximate surface area is 159 Å². The molecule has 6 nitrogen and oxygen atoms in total. The van der Waals surface area contributed by atoms with Crippen molar-refractivity contribution in [1.82, 2.24) is 0 Å². The minimum Gasteiger partial charge on any atom is -0.322 e. The van der Waals surface area contributed by atoms with Crippen LogP contribution in [0.5, 0.6) is 0 Å². The normalized spacial score (nSPS) is 16.4. The average Bonchev–Trinajstić information content (AvgIpc) is 2.87. The van der Waals surface area contributed by atoms with Crippen LogP contribution in [0.4, 0.5) is 11.4 Å². The average molecular weight is 386 g/mol. The Morgan fingerprint density at radius 1 is 1.00 bits per heavy atom. The highest BCUT2D eigenvalue weighted by Gasteiger charge is 2.36.